The Hall–Kier alpha value is -4.71. The number of carbonyl (C=O) groups excluding carboxylic acids is 4. The van der Waals surface area contributed by atoms with Gasteiger partial charge < -0.3 is 46.9 Å². The number of carbonyl (C=O) groups is 4. The summed E-state index contributed by atoms with van der Waals surface area (Å²) in [5.74, 6) is -8.00. The number of hydrogen-bond acceptors (Lipinski definition) is 12. The van der Waals surface area contributed by atoms with Crippen molar-refractivity contribution in [3.05, 3.63) is 62.5 Å². The van der Waals surface area contributed by atoms with Gasteiger partial charge in [-0.2, -0.15) is 5.23 Å². The fourth-order valence-electron chi connectivity index (χ4n) is 6.86. The van der Waals surface area contributed by atoms with E-state index < -0.39 is 75.1 Å². The average Bonchev–Trinajstić information content (AvgIpc) is 2.96. The van der Waals surface area contributed by atoms with E-state index in [4.69, 9.17) is 17.3 Å². The molecule has 17 heteroatoms. The van der Waals surface area contributed by atoms with Crippen molar-refractivity contribution in [2.75, 3.05) is 43.7 Å². The number of ketones is 2. The highest BCUT2D eigenvalue weighted by Crippen LogP contribution is 2.54. The Morgan fingerprint density at radius 1 is 1.09 bits per heavy atom. The van der Waals surface area contributed by atoms with Crippen LogP contribution in [0.15, 0.2) is 41.2 Å². The Labute approximate surface area is 272 Å². The number of likely N-dealkylation sites (N-methyl/N-ethyl adjacent to an activating group) is 1. The van der Waals surface area contributed by atoms with E-state index >= 15 is 0 Å². The van der Waals surface area contributed by atoms with Gasteiger partial charge in [-0.05, 0) is 56.6 Å². The van der Waals surface area contributed by atoms with Crippen molar-refractivity contribution >= 4 is 63.6 Å². The van der Waals surface area contributed by atoms with Gasteiger partial charge in [0.25, 0.3) is 5.91 Å². The second-order valence-electron chi connectivity index (χ2n) is 12.1. The summed E-state index contributed by atoms with van der Waals surface area (Å²) in [6.07, 6.45) is -0.0519. The monoisotopic (exact) mass is 672 g/mol. The lowest BCUT2D eigenvalue weighted by Crippen LogP contribution is -2.99. The van der Waals surface area contributed by atoms with Gasteiger partial charge in [0.2, 0.25) is 5.78 Å². The number of fused-ring (bicyclic) bond motifs is 3. The van der Waals surface area contributed by atoms with Gasteiger partial charge in [0, 0.05) is 42.4 Å². The Kier molecular flexibility index (Phi) is 8.46. The third-order valence-electron chi connectivity index (χ3n) is 8.89. The fraction of sp³-hybridized carbons (Fsp3) is 0.333. The summed E-state index contributed by atoms with van der Waals surface area (Å²) < 4.78 is 0. The van der Waals surface area contributed by atoms with Gasteiger partial charge in [0.05, 0.1) is 17.3 Å². The molecular weight excluding hydrogens is 640 g/mol. The highest BCUT2D eigenvalue weighted by Gasteiger charge is 2.64. The number of aliphatic hydroxyl groups excluding tert-OH is 2. The van der Waals surface area contributed by atoms with E-state index in [0.29, 0.717) is 11.3 Å². The van der Waals surface area contributed by atoms with Crippen LogP contribution in [-0.2, 0) is 20.8 Å². The number of anilines is 3. The number of aromatic hydroxyl groups is 1. The van der Waals surface area contributed by atoms with Gasteiger partial charge in [-0.1, -0.05) is 11.6 Å². The van der Waals surface area contributed by atoms with E-state index in [-0.39, 0.29) is 46.1 Å². The van der Waals surface area contributed by atoms with E-state index in [2.05, 4.69) is 10.6 Å². The Bertz CT molecular complexity index is 1810. The van der Waals surface area contributed by atoms with Gasteiger partial charge in [0.15, 0.2) is 22.8 Å². The van der Waals surface area contributed by atoms with Crippen LogP contribution in [0.5, 0.6) is 5.75 Å². The number of quaternary nitrogens is 1. The van der Waals surface area contributed by atoms with Crippen LogP contribution in [0, 0.1) is 17.0 Å². The van der Waals surface area contributed by atoms with Crippen LogP contribution >= 0.6 is 11.6 Å². The first-order valence-electron chi connectivity index (χ1n) is 14.2. The molecule has 2 aromatic rings. The first-order valence-corrected chi connectivity index (χ1v) is 14.6. The summed E-state index contributed by atoms with van der Waals surface area (Å²) in [6.45, 7) is 0. The smallest absolute Gasteiger partial charge is 0.323 e. The molecule has 1 fully saturated rings. The summed E-state index contributed by atoms with van der Waals surface area (Å²) in [7, 11) is 6.35. The minimum atomic E-state index is -2.80. The van der Waals surface area contributed by atoms with Gasteiger partial charge in [-0.3, -0.25) is 19.3 Å². The van der Waals surface area contributed by atoms with E-state index in [9.17, 15) is 50.0 Å². The lowest BCUT2D eigenvalue weighted by Gasteiger charge is -2.50. The molecule has 0 heterocycles. The molecule has 0 aromatic heterocycles. The number of rotatable bonds is 6. The van der Waals surface area contributed by atoms with Crippen molar-refractivity contribution in [2.24, 2.45) is 17.6 Å². The predicted molar refractivity (Wildman–Crippen MR) is 168 cm³/mol. The minimum absolute atomic E-state index is 0.0365. The molecule has 0 radical (unpaired) electrons. The SMILES string of the molecule is CN(C)c1cc(NC(=O)Nc2ccc(Cl)cc2[NH+]([O-])O)c(O)c2c1C[C@H]1C[C@H]3[C@H](N(C)C)C(=O)C(C(N)=O)=C(O)[C@@]3(O)C(=O)C1=C2O. The van der Waals surface area contributed by atoms with Crippen molar-refractivity contribution < 1.29 is 50.0 Å². The third kappa shape index (κ3) is 5.24. The van der Waals surface area contributed by atoms with Gasteiger partial charge in [-0.25, -0.2) is 10.0 Å². The van der Waals surface area contributed by atoms with E-state index in [1.807, 2.05) is 0 Å². The number of phenolic OH excluding ortho intramolecular Hbond substituents is 1. The number of hydrogen-bond donors (Lipinski definition) is 9. The van der Waals surface area contributed by atoms with Crippen LogP contribution in [0.3, 0.4) is 0 Å². The Morgan fingerprint density at radius 2 is 1.72 bits per heavy atom. The van der Waals surface area contributed by atoms with Crippen molar-refractivity contribution in [2.45, 2.75) is 24.5 Å². The number of nitrogens with zero attached hydrogens (tertiary/aromatic N) is 2. The number of Topliss-reactive ketones (excluding diaryl/α,β-unsaturated/α-hetero) is 2. The summed E-state index contributed by atoms with van der Waals surface area (Å²) in [5.41, 5.74) is 1.23. The number of amides is 3. The molecule has 1 unspecified atom stereocenters. The average molecular weight is 673 g/mol. The fourth-order valence-corrected chi connectivity index (χ4v) is 7.04. The molecule has 0 bridgehead atoms. The third-order valence-corrected chi connectivity index (χ3v) is 9.12. The molecule has 3 aliphatic rings. The lowest BCUT2D eigenvalue weighted by molar-refractivity contribution is -0.990. The standard InChI is InChI=1S/C30H33ClN6O10/c1-35(2)17-10-16(34-29(44)33-15-6-5-12(31)9-18(15)37(46)47)23(38)20-13(17)7-11-8-14-22(36(3)4)25(40)21(28(32)43)27(42)30(14,45)26(41)19(11)24(20)39/h5-6,9-11,14,22,37-39,42,45-46H,7-8H2,1-4H3,(H2,32,43)(H2,33,34,44)/t11-,14-,22-,30-/m0/s1. The number of benzene rings is 2. The molecule has 5 atom stereocenters. The molecule has 0 aliphatic heterocycles. The second-order valence-corrected chi connectivity index (χ2v) is 12.5. The molecule has 250 valence electrons. The molecule has 3 aliphatic carbocycles. The Morgan fingerprint density at radius 3 is 2.30 bits per heavy atom. The minimum Gasteiger partial charge on any atom is -0.595 e. The normalized spacial score (nSPS) is 24.4. The highest BCUT2D eigenvalue weighted by atomic mass is 35.5. The number of halogens is 1. The second kappa shape index (κ2) is 11.8. The zero-order valence-corrected chi connectivity index (χ0v) is 26.3. The largest absolute Gasteiger partial charge is 0.595 e. The number of nitrogens with one attached hydrogen (secondary N) is 3. The first-order chi connectivity index (χ1) is 21.9. The van der Waals surface area contributed by atoms with Crippen LogP contribution in [0.25, 0.3) is 5.76 Å². The summed E-state index contributed by atoms with van der Waals surface area (Å²) in [4.78, 5) is 55.7. The molecule has 47 heavy (non-hydrogen) atoms. The molecule has 1 saturated carbocycles. The molecule has 10 N–H and O–H groups in total. The van der Waals surface area contributed by atoms with Gasteiger partial charge in [0.1, 0.15) is 22.8 Å². The van der Waals surface area contributed by atoms with Gasteiger partial charge in [-0.15, -0.1) is 0 Å². The van der Waals surface area contributed by atoms with Crippen LogP contribution in [0.1, 0.15) is 17.5 Å². The summed E-state index contributed by atoms with van der Waals surface area (Å²) >= 11 is 5.89. The van der Waals surface area contributed by atoms with E-state index in [1.165, 1.54) is 37.2 Å². The van der Waals surface area contributed by atoms with Crippen molar-refractivity contribution in [3.8, 4) is 5.75 Å². The number of phenols is 1. The maximum absolute atomic E-state index is 14.1. The summed E-state index contributed by atoms with van der Waals surface area (Å²) in [5, 5.41) is 70.6. The summed E-state index contributed by atoms with van der Waals surface area (Å²) in [6, 6.07) is 3.03. The molecule has 3 amide bonds. The number of aliphatic hydroxyl groups is 3. The zero-order valence-electron chi connectivity index (χ0n) is 25.6. The van der Waals surface area contributed by atoms with Crippen LogP contribution in [0.2, 0.25) is 5.02 Å². The molecule has 0 spiro atoms. The number of primary amides is 1. The molecule has 2 aromatic carbocycles. The maximum Gasteiger partial charge on any atom is 0.323 e. The quantitative estimate of drug-likeness (QED) is 0.117. The van der Waals surface area contributed by atoms with Crippen molar-refractivity contribution in [1.29, 1.82) is 0 Å². The lowest BCUT2D eigenvalue weighted by atomic mass is 9.57. The number of urea groups is 1. The first kappa shape index (κ1) is 33.6. The highest BCUT2D eigenvalue weighted by molar-refractivity contribution is 6.31. The molecule has 0 saturated heterocycles. The van der Waals surface area contributed by atoms with Gasteiger partial charge >= 0.3 is 6.03 Å². The topological polar surface area (TPSA) is 253 Å². The number of nitrogens with two attached hydrogens (primary N) is 1. The van der Waals surface area contributed by atoms with Crippen molar-refractivity contribution in [1.82, 2.24) is 4.90 Å². The Balaban J connectivity index is 1.62. The maximum atomic E-state index is 14.1. The van der Waals surface area contributed by atoms with Crippen molar-refractivity contribution in [3.63, 3.8) is 0 Å². The molecule has 5 rings (SSSR count). The van der Waals surface area contributed by atoms with Crippen LogP contribution in [-0.4, -0.2) is 93.9 Å². The van der Waals surface area contributed by atoms with Crippen LogP contribution < -0.4 is 26.5 Å². The van der Waals surface area contributed by atoms with E-state index in [0.717, 1.165) is 6.07 Å². The molecule has 16 nitrogen and oxygen atoms in total. The van der Waals surface area contributed by atoms with E-state index in [1.54, 1.807) is 19.0 Å². The predicted octanol–water partition coefficient (Wildman–Crippen LogP) is 0.731. The van der Waals surface area contributed by atoms with Crippen LogP contribution in [0.4, 0.5) is 27.5 Å². The molecular formula is C30H33ClN6O10. The zero-order chi connectivity index (χ0) is 34.9.